The van der Waals surface area contributed by atoms with Crippen LogP contribution in [0.25, 0.3) is 21.9 Å². The van der Waals surface area contributed by atoms with Crippen LogP contribution in [0.2, 0.25) is 0 Å². The fourth-order valence-electron chi connectivity index (χ4n) is 3.57. The van der Waals surface area contributed by atoms with Gasteiger partial charge in [0.15, 0.2) is 0 Å². The molecule has 2 aromatic heterocycles. The van der Waals surface area contributed by atoms with Crippen LogP contribution in [0.3, 0.4) is 0 Å². The molecule has 2 N–H and O–H groups in total. The van der Waals surface area contributed by atoms with Crippen molar-refractivity contribution in [1.82, 2.24) is 20.1 Å². The van der Waals surface area contributed by atoms with E-state index in [4.69, 9.17) is 0 Å². The fourth-order valence-corrected chi connectivity index (χ4v) is 3.57. The standard InChI is InChI=1S/C24H22N4O2/c29-23(20-2-1-9-25-12-20)14-26-24(30)19-6-5-16-10-18(4-3-17(16)11-19)21-13-27-28(15-21)22-7-8-22/h1-6,9-13,15,22-23,29H,7-8,14H2,(H,26,30). The minimum absolute atomic E-state index is 0.131. The molecule has 6 nitrogen and oxygen atoms in total. The third-order valence-electron chi connectivity index (χ3n) is 5.48. The Morgan fingerprint density at radius 2 is 1.93 bits per heavy atom. The monoisotopic (exact) mass is 398 g/mol. The highest BCUT2D eigenvalue weighted by Gasteiger charge is 2.24. The van der Waals surface area contributed by atoms with Crippen LogP contribution in [-0.2, 0) is 0 Å². The number of rotatable bonds is 6. The molecular weight excluding hydrogens is 376 g/mol. The summed E-state index contributed by atoms with van der Waals surface area (Å²) in [5.74, 6) is -0.213. The van der Waals surface area contributed by atoms with Gasteiger partial charge < -0.3 is 10.4 Å². The van der Waals surface area contributed by atoms with E-state index in [9.17, 15) is 9.90 Å². The van der Waals surface area contributed by atoms with Crippen molar-refractivity contribution in [3.8, 4) is 11.1 Å². The SMILES string of the molecule is O=C(NCC(O)c1cccnc1)c1ccc2cc(-c3cnn(C4CC4)c3)ccc2c1. The van der Waals surface area contributed by atoms with Crippen LogP contribution in [0, 0.1) is 0 Å². The van der Waals surface area contributed by atoms with E-state index in [1.807, 2.05) is 35.1 Å². The normalized spacial score (nSPS) is 14.6. The smallest absolute Gasteiger partial charge is 0.251 e. The van der Waals surface area contributed by atoms with Gasteiger partial charge in [-0.05, 0) is 53.4 Å². The molecule has 5 rings (SSSR count). The van der Waals surface area contributed by atoms with Gasteiger partial charge in [-0.15, -0.1) is 0 Å². The first-order chi connectivity index (χ1) is 14.7. The van der Waals surface area contributed by atoms with E-state index in [1.165, 1.54) is 12.8 Å². The van der Waals surface area contributed by atoms with E-state index in [0.717, 1.165) is 21.9 Å². The van der Waals surface area contributed by atoms with Crippen molar-refractivity contribution >= 4 is 16.7 Å². The predicted molar refractivity (Wildman–Crippen MR) is 115 cm³/mol. The summed E-state index contributed by atoms with van der Waals surface area (Å²) in [7, 11) is 0. The Kier molecular flexibility index (Phi) is 4.77. The molecule has 150 valence electrons. The van der Waals surface area contributed by atoms with Gasteiger partial charge in [-0.2, -0.15) is 5.10 Å². The second-order valence-corrected chi connectivity index (χ2v) is 7.73. The van der Waals surface area contributed by atoms with Crippen molar-refractivity contribution in [2.75, 3.05) is 6.54 Å². The van der Waals surface area contributed by atoms with Gasteiger partial charge in [0.2, 0.25) is 0 Å². The van der Waals surface area contributed by atoms with E-state index >= 15 is 0 Å². The molecule has 1 saturated carbocycles. The van der Waals surface area contributed by atoms with Crippen LogP contribution in [0.5, 0.6) is 0 Å². The minimum Gasteiger partial charge on any atom is -0.387 e. The van der Waals surface area contributed by atoms with Gasteiger partial charge in [-0.3, -0.25) is 14.5 Å². The summed E-state index contributed by atoms with van der Waals surface area (Å²) >= 11 is 0. The maximum Gasteiger partial charge on any atom is 0.251 e. The van der Waals surface area contributed by atoms with Crippen molar-refractivity contribution in [1.29, 1.82) is 0 Å². The first kappa shape index (κ1) is 18.5. The molecule has 1 aliphatic rings. The molecule has 1 amide bonds. The summed E-state index contributed by atoms with van der Waals surface area (Å²) in [6.07, 6.45) is 8.89. The van der Waals surface area contributed by atoms with Crippen LogP contribution in [0.4, 0.5) is 0 Å². The maximum absolute atomic E-state index is 12.5. The highest BCUT2D eigenvalue weighted by atomic mass is 16.3. The van der Waals surface area contributed by atoms with Crippen LogP contribution < -0.4 is 5.32 Å². The van der Waals surface area contributed by atoms with E-state index in [0.29, 0.717) is 17.2 Å². The van der Waals surface area contributed by atoms with E-state index in [1.54, 1.807) is 24.5 Å². The third-order valence-corrected chi connectivity index (χ3v) is 5.48. The lowest BCUT2D eigenvalue weighted by Gasteiger charge is -2.12. The second-order valence-electron chi connectivity index (χ2n) is 7.73. The van der Waals surface area contributed by atoms with Crippen molar-refractivity contribution in [3.63, 3.8) is 0 Å². The van der Waals surface area contributed by atoms with Crippen molar-refractivity contribution < 1.29 is 9.90 Å². The summed E-state index contributed by atoms with van der Waals surface area (Å²) in [5.41, 5.74) is 3.46. The van der Waals surface area contributed by atoms with Gasteiger partial charge in [0.1, 0.15) is 0 Å². The molecule has 0 spiro atoms. The molecule has 0 radical (unpaired) electrons. The topological polar surface area (TPSA) is 80.0 Å². The lowest BCUT2D eigenvalue weighted by atomic mass is 10.0. The molecule has 1 fully saturated rings. The molecule has 1 unspecified atom stereocenters. The van der Waals surface area contributed by atoms with Crippen LogP contribution >= 0.6 is 0 Å². The largest absolute Gasteiger partial charge is 0.387 e. The zero-order chi connectivity index (χ0) is 20.5. The number of hydrogen-bond acceptors (Lipinski definition) is 4. The molecule has 6 heteroatoms. The molecule has 1 atom stereocenters. The summed E-state index contributed by atoms with van der Waals surface area (Å²) in [6.45, 7) is 0.131. The number of aliphatic hydroxyl groups is 1. The molecule has 2 aromatic carbocycles. The fraction of sp³-hybridized carbons (Fsp3) is 0.208. The summed E-state index contributed by atoms with van der Waals surface area (Å²) in [4.78, 5) is 16.5. The van der Waals surface area contributed by atoms with E-state index < -0.39 is 6.10 Å². The summed E-state index contributed by atoms with van der Waals surface area (Å²) in [6, 6.07) is 16.0. The number of carbonyl (C=O) groups is 1. The summed E-state index contributed by atoms with van der Waals surface area (Å²) in [5, 5.41) is 19.5. The average Bonchev–Trinajstić information content (AvgIpc) is 3.53. The Morgan fingerprint density at radius 3 is 2.73 bits per heavy atom. The van der Waals surface area contributed by atoms with Gasteiger partial charge in [0.05, 0.1) is 18.3 Å². The number of aromatic nitrogens is 3. The number of carbonyl (C=O) groups excluding carboxylic acids is 1. The first-order valence-corrected chi connectivity index (χ1v) is 10.1. The second kappa shape index (κ2) is 7.72. The lowest BCUT2D eigenvalue weighted by Crippen LogP contribution is -2.28. The molecular formula is C24H22N4O2. The lowest BCUT2D eigenvalue weighted by molar-refractivity contribution is 0.0916. The Hall–Kier alpha value is -3.51. The van der Waals surface area contributed by atoms with Gasteiger partial charge in [0.25, 0.3) is 5.91 Å². The van der Waals surface area contributed by atoms with E-state index in [-0.39, 0.29) is 12.5 Å². The maximum atomic E-state index is 12.5. The average molecular weight is 398 g/mol. The Bertz CT molecular complexity index is 1200. The molecule has 0 aliphatic heterocycles. The van der Waals surface area contributed by atoms with Gasteiger partial charge >= 0.3 is 0 Å². The van der Waals surface area contributed by atoms with Gasteiger partial charge in [-0.1, -0.05) is 24.3 Å². The molecule has 4 aromatic rings. The highest BCUT2D eigenvalue weighted by Crippen LogP contribution is 2.35. The Labute approximate surface area is 174 Å². The predicted octanol–water partition coefficient (Wildman–Crippen LogP) is 3.90. The van der Waals surface area contributed by atoms with Crippen LogP contribution in [0.1, 0.15) is 40.9 Å². The minimum atomic E-state index is -0.790. The number of aliphatic hydroxyl groups excluding tert-OH is 1. The van der Waals surface area contributed by atoms with Crippen molar-refractivity contribution in [3.05, 3.63) is 84.4 Å². The highest BCUT2D eigenvalue weighted by molar-refractivity contribution is 5.99. The van der Waals surface area contributed by atoms with Gasteiger partial charge in [0, 0.05) is 41.8 Å². The Balaban J connectivity index is 1.30. The van der Waals surface area contributed by atoms with Crippen molar-refractivity contribution in [2.45, 2.75) is 25.0 Å². The molecule has 0 bridgehead atoms. The number of benzene rings is 2. The third kappa shape index (κ3) is 3.82. The summed E-state index contributed by atoms with van der Waals surface area (Å²) < 4.78 is 2.05. The number of hydrogen-bond donors (Lipinski definition) is 2. The van der Waals surface area contributed by atoms with Crippen LogP contribution in [0.15, 0.2) is 73.3 Å². The molecule has 1 aliphatic carbocycles. The number of pyridine rings is 1. The quantitative estimate of drug-likeness (QED) is 0.516. The zero-order valence-corrected chi connectivity index (χ0v) is 16.4. The number of nitrogens with one attached hydrogen (secondary N) is 1. The number of amides is 1. The van der Waals surface area contributed by atoms with Gasteiger partial charge in [-0.25, -0.2) is 0 Å². The Morgan fingerprint density at radius 1 is 1.10 bits per heavy atom. The molecule has 30 heavy (non-hydrogen) atoms. The molecule has 2 heterocycles. The number of nitrogens with zero attached hydrogens (tertiary/aromatic N) is 3. The van der Waals surface area contributed by atoms with E-state index in [2.05, 4.69) is 33.7 Å². The number of fused-ring (bicyclic) bond motifs is 1. The van der Waals surface area contributed by atoms with Crippen molar-refractivity contribution in [2.24, 2.45) is 0 Å². The molecule has 0 saturated heterocycles. The first-order valence-electron chi connectivity index (χ1n) is 10.1. The zero-order valence-electron chi connectivity index (χ0n) is 16.4. The van der Waals surface area contributed by atoms with Crippen LogP contribution in [-0.4, -0.2) is 32.3 Å².